The fraction of sp³-hybridized carbons (Fsp3) is 0.571. The maximum atomic E-state index is 6.17. The monoisotopic (exact) mass is 237 g/mol. The standard InChI is InChI=1S/C14H20ClN/c1-14(2)10-6-5-9-13(14)16-12-8-4-3-7-11(12)15/h3-4,7-8,13,16H,5-6,9-10H2,1-2H3. The second kappa shape index (κ2) is 4.67. The summed E-state index contributed by atoms with van der Waals surface area (Å²) in [7, 11) is 0. The number of hydrogen-bond acceptors (Lipinski definition) is 1. The lowest BCUT2D eigenvalue weighted by Crippen LogP contribution is -2.38. The minimum absolute atomic E-state index is 0.372. The quantitative estimate of drug-likeness (QED) is 0.785. The summed E-state index contributed by atoms with van der Waals surface area (Å²) in [6.45, 7) is 4.70. The van der Waals surface area contributed by atoms with E-state index in [-0.39, 0.29) is 0 Å². The molecule has 0 spiro atoms. The maximum absolute atomic E-state index is 6.17. The molecule has 0 aromatic heterocycles. The van der Waals surface area contributed by atoms with Crippen LogP contribution in [0, 0.1) is 5.41 Å². The van der Waals surface area contributed by atoms with Gasteiger partial charge < -0.3 is 5.32 Å². The van der Waals surface area contributed by atoms with Crippen LogP contribution in [0.2, 0.25) is 5.02 Å². The van der Waals surface area contributed by atoms with E-state index in [4.69, 9.17) is 11.6 Å². The molecule has 1 N–H and O–H groups in total. The molecule has 1 aromatic carbocycles. The summed E-state index contributed by atoms with van der Waals surface area (Å²) in [5.41, 5.74) is 1.45. The van der Waals surface area contributed by atoms with Crippen molar-refractivity contribution in [3.05, 3.63) is 29.3 Å². The maximum Gasteiger partial charge on any atom is 0.0637 e. The van der Waals surface area contributed by atoms with Crippen molar-refractivity contribution in [2.45, 2.75) is 45.6 Å². The van der Waals surface area contributed by atoms with Crippen molar-refractivity contribution in [1.82, 2.24) is 0 Å². The second-order valence-electron chi connectivity index (χ2n) is 5.41. The van der Waals surface area contributed by atoms with Crippen molar-refractivity contribution in [3.8, 4) is 0 Å². The van der Waals surface area contributed by atoms with Gasteiger partial charge in [0.25, 0.3) is 0 Å². The van der Waals surface area contributed by atoms with Gasteiger partial charge in [0.2, 0.25) is 0 Å². The molecule has 1 atom stereocenters. The zero-order valence-electron chi connectivity index (χ0n) is 10.1. The van der Waals surface area contributed by atoms with E-state index in [0.29, 0.717) is 11.5 Å². The fourth-order valence-corrected chi connectivity index (χ4v) is 2.72. The first-order valence-corrected chi connectivity index (χ1v) is 6.48. The molecule has 1 unspecified atom stereocenters. The van der Waals surface area contributed by atoms with Crippen LogP contribution < -0.4 is 5.32 Å². The first-order chi connectivity index (χ1) is 7.59. The van der Waals surface area contributed by atoms with Crippen molar-refractivity contribution >= 4 is 17.3 Å². The Morgan fingerprint density at radius 1 is 1.25 bits per heavy atom. The van der Waals surface area contributed by atoms with Crippen LogP contribution in [0.15, 0.2) is 24.3 Å². The van der Waals surface area contributed by atoms with Crippen LogP contribution in [0.3, 0.4) is 0 Å². The Hall–Kier alpha value is -0.690. The molecular weight excluding hydrogens is 218 g/mol. The van der Waals surface area contributed by atoms with E-state index < -0.39 is 0 Å². The lowest BCUT2D eigenvalue weighted by atomic mass is 9.73. The van der Waals surface area contributed by atoms with Crippen LogP contribution in [0.25, 0.3) is 0 Å². The molecule has 1 aromatic rings. The van der Waals surface area contributed by atoms with Crippen molar-refractivity contribution in [3.63, 3.8) is 0 Å². The molecule has 1 fully saturated rings. The van der Waals surface area contributed by atoms with Crippen molar-refractivity contribution in [1.29, 1.82) is 0 Å². The minimum atomic E-state index is 0.372. The smallest absolute Gasteiger partial charge is 0.0637 e. The fourth-order valence-electron chi connectivity index (χ4n) is 2.53. The zero-order chi connectivity index (χ0) is 11.6. The van der Waals surface area contributed by atoms with Crippen molar-refractivity contribution < 1.29 is 0 Å². The van der Waals surface area contributed by atoms with E-state index in [1.54, 1.807) is 0 Å². The van der Waals surface area contributed by atoms with Gasteiger partial charge in [-0.15, -0.1) is 0 Å². The summed E-state index contributed by atoms with van der Waals surface area (Å²) < 4.78 is 0. The summed E-state index contributed by atoms with van der Waals surface area (Å²) in [6.07, 6.45) is 5.23. The van der Waals surface area contributed by atoms with E-state index >= 15 is 0 Å². The Morgan fingerprint density at radius 3 is 2.69 bits per heavy atom. The number of hydrogen-bond donors (Lipinski definition) is 1. The number of nitrogens with one attached hydrogen (secondary N) is 1. The van der Waals surface area contributed by atoms with Crippen LogP contribution in [0.4, 0.5) is 5.69 Å². The highest BCUT2D eigenvalue weighted by molar-refractivity contribution is 6.33. The van der Waals surface area contributed by atoms with E-state index in [1.807, 2.05) is 18.2 Å². The van der Waals surface area contributed by atoms with E-state index in [1.165, 1.54) is 25.7 Å². The third kappa shape index (κ3) is 2.52. The Balaban J connectivity index is 2.12. The summed E-state index contributed by atoms with van der Waals surface area (Å²) >= 11 is 6.17. The summed E-state index contributed by atoms with van der Waals surface area (Å²) in [6, 6.07) is 8.55. The highest BCUT2D eigenvalue weighted by atomic mass is 35.5. The normalized spacial score (nSPS) is 24.1. The largest absolute Gasteiger partial charge is 0.381 e. The van der Waals surface area contributed by atoms with Gasteiger partial charge in [0, 0.05) is 6.04 Å². The van der Waals surface area contributed by atoms with Gasteiger partial charge in [-0.1, -0.05) is 50.4 Å². The molecule has 0 bridgehead atoms. The van der Waals surface area contributed by atoms with Crippen LogP contribution in [-0.4, -0.2) is 6.04 Å². The Labute approximate surface area is 103 Å². The highest BCUT2D eigenvalue weighted by Crippen LogP contribution is 2.38. The second-order valence-corrected chi connectivity index (χ2v) is 5.82. The van der Waals surface area contributed by atoms with E-state index in [0.717, 1.165) is 10.7 Å². The molecule has 1 aliphatic rings. The first kappa shape index (κ1) is 11.8. The Kier molecular flexibility index (Phi) is 3.44. The van der Waals surface area contributed by atoms with Gasteiger partial charge in [-0.2, -0.15) is 0 Å². The van der Waals surface area contributed by atoms with Gasteiger partial charge in [0.1, 0.15) is 0 Å². The third-order valence-corrected chi connectivity index (χ3v) is 4.04. The summed E-state index contributed by atoms with van der Waals surface area (Å²) in [4.78, 5) is 0. The van der Waals surface area contributed by atoms with E-state index in [9.17, 15) is 0 Å². The van der Waals surface area contributed by atoms with Gasteiger partial charge in [-0.05, 0) is 30.4 Å². The highest BCUT2D eigenvalue weighted by Gasteiger charge is 2.32. The summed E-state index contributed by atoms with van der Waals surface area (Å²) in [5, 5.41) is 4.43. The Morgan fingerprint density at radius 2 is 2.00 bits per heavy atom. The van der Waals surface area contributed by atoms with Crippen molar-refractivity contribution in [2.75, 3.05) is 5.32 Å². The van der Waals surface area contributed by atoms with E-state index in [2.05, 4.69) is 25.2 Å². The van der Waals surface area contributed by atoms with Crippen molar-refractivity contribution in [2.24, 2.45) is 5.41 Å². The number of para-hydroxylation sites is 1. The van der Waals surface area contributed by atoms with Gasteiger partial charge in [-0.25, -0.2) is 0 Å². The molecule has 0 saturated heterocycles. The van der Waals surface area contributed by atoms with Gasteiger partial charge >= 0.3 is 0 Å². The van der Waals surface area contributed by atoms with Crippen LogP contribution >= 0.6 is 11.6 Å². The molecule has 2 heteroatoms. The minimum Gasteiger partial charge on any atom is -0.381 e. The predicted molar refractivity (Wildman–Crippen MR) is 71.1 cm³/mol. The topological polar surface area (TPSA) is 12.0 Å². The van der Waals surface area contributed by atoms with Gasteiger partial charge in [-0.3, -0.25) is 0 Å². The number of rotatable bonds is 2. The number of halogens is 1. The number of benzene rings is 1. The SMILES string of the molecule is CC1(C)CCCCC1Nc1ccccc1Cl. The van der Waals surface area contributed by atoms with Crippen LogP contribution in [0.5, 0.6) is 0 Å². The third-order valence-electron chi connectivity index (χ3n) is 3.71. The molecule has 2 rings (SSSR count). The average molecular weight is 238 g/mol. The first-order valence-electron chi connectivity index (χ1n) is 6.11. The van der Waals surface area contributed by atoms with Gasteiger partial charge in [0.05, 0.1) is 10.7 Å². The van der Waals surface area contributed by atoms with Crippen LogP contribution in [-0.2, 0) is 0 Å². The molecule has 88 valence electrons. The Bertz CT molecular complexity index is 360. The molecule has 0 aliphatic heterocycles. The van der Waals surface area contributed by atoms with Crippen LogP contribution in [0.1, 0.15) is 39.5 Å². The molecule has 1 saturated carbocycles. The summed E-state index contributed by atoms with van der Waals surface area (Å²) in [5.74, 6) is 0. The zero-order valence-corrected chi connectivity index (χ0v) is 10.8. The lowest BCUT2D eigenvalue weighted by Gasteiger charge is -2.39. The predicted octanol–water partition coefficient (Wildman–Crippen LogP) is 4.72. The molecular formula is C14H20ClN. The van der Waals surface area contributed by atoms with Gasteiger partial charge in [0.15, 0.2) is 0 Å². The number of anilines is 1. The molecule has 1 nitrogen and oxygen atoms in total. The molecule has 0 radical (unpaired) electrons. The molecule has 1 aliphatic carbocycles. The molecule has 0 amide bonds. The molecule has 0 heterocycles. The lowest BCUT2D eigenvalue weighted by molar-refractivity contribution is 0.217. The average Bonchev–Trinajstić information content (AvgIpc) is 2.24. The molecule has 16 heavy (non-hydrogen) atoms.